The predicted octanol–water partition coefficient (Wildman–Crippen LogP) is 0.243. The number of ether oxygens (including phenoxy) is 2. The molecule has 0 aliphatic carbocycles. The molecule has 0 saturated carbocycles. The fourth-order valence-corrected chi connectivity index (χ4v) is 1.17. The summed E-state index contributed by atoms with van der Waals surface area (Å²) in [7, 11) is 0. The van der Waals surface area contributed by atoms with Crippen LogP contribution < -0.4 is 11.1 Å². The molecule has 8 nitrogen and oxygen atoms in total. The molecule has 3 atom stereocenters. The van der Waals surface area contributed by atoms with Crippen LogP contribution in [0.25, 0.3) is 0 Å². The van der Waals surface area contributed by atoms with E-state index in [2.05, 4.69) is 5.32 Å². The molecule has 0 bridgehead atoms. The van der Waals surface area contributed by atoms with E-state index in [1.54, 1.807) is 20.8 Å². The molecule has 0 aromatic rings. The van der Waals surface area contributed by atoms with Gasteiger partial charge in [0.25, 0.3) is 0 Å². The molecule has 0 saturated heterocycles. The van der Waals surface area contributed by atoms with E-state index in [9.17, 15) is 14.4 Å². The largest absolute Gasteiger partial charge is 0.480 e. The lowest BCUT2D eigenvalue weighted by Gasteiger charge is -2.25. The quantitative estimate of drug-likeness (QED) is 0.619. The average Bonchev–Trinajstić information content (AvgIpc) is 2.22. The van der Waals surface area contributed by atoms with E-state index < -0.39 is 41.8 Å². The van der Waals surface area contributed by atoms with Crippen LogP contribution >= 0.6 is 0 Å². The summed E-state index contributed by atoms with van der Waals surface area (Å²) in [4.78, 5) is 33.9. The summed E-state index contributed by atoms with van der Waals surface area (Å²) in [5.74, 6) is -2.10. The van der Waals surface area contributed by atoms with Crippen molar-refractivity contribution in [3.63, 3.8) is 0 Å². The molecule has 116 valence electrons. The van der Waals surface area contributed by atoms with E-state index in [-0.39, 0.29) is 0 Å². The highest BCUT2D eigenvalue weighted by Crippen LogP contribution is 2.08. The normalized spacial score (nSPS) is 15.7. The fraction of sp³-hybridized carbons (Fsp3) is 0.750. The third kappa shape index (κ3) is 6.93. The third-order valence-corrected chi connectivity index (χ3v) is 2.08. The second kappa shape index (κ2) is 7.09. The number of nitrogens with two attached hydrogens (primary N) is 1. The van der Waals surface area contributed by atoms with Gasteiger partial charge in [0.2, 0.25) is 0 Å². The lowest BCUT2D eigenvalue weighted by molar-refractivity contribution is -0.155. The fourth-order valence-electron chi connectivity index (χ4n) is 1.17. The Balaban J connectivity index is 4.69. The molecular formula is C12H22N2O6. The summed E-state index contributed by atoms with van der Waals surface area (Å²) < 4.78 is 9.79. The van der Waals surface area contributed by atoms with Crippen LogP contribution in [0.4, 0.5) is 4.79 Å². The van der Waals surface area contributed by atoms with Gasteiger partial charge in [0, 0.05) is 0 Å². The van der Waals surface area contributed by atoms with Gasteiger partial charge in [-0.15, -0.1) is 0 Å². The van der Waals surface area contributed by atoms with E-state index in [1.807, 2.05) is 0 Å². The number of nitrogens with one attached hydrogen (secondary N) is 1. The zero-order valence-electron chi connectivity index (χ0n) is 12.3. The van der Waals surface area contributed by atoms with E-state index in [0.717, 1.165) is 0 Å². The number of carbonyl (C=O) groups is 3. The lowest BCUT2D eigenvalue weighted by atomic mass is 10.2. The van der Waals surface area contributed by atoms with Crippen molar-refractivity contribution in [3.05, 3.63) is 0 Å². The second-order valence-electron chi connectivity index (χ2n) is 5.39. The van der Waals surface area contributed by atoms with Gasteiger partial charge in [-0.3, -0.25) is 4.79 Å². The Bertz CT molecular complexity index is 375. The highest BCUT2D eigenvalue weighted by atomic mass is 16.6. The van der Waals surface area contributed by atoms with Gasteiger partial charge in [-0.05, 0) is 34.6 Å². The molecular weight excluding hydrogens is 268 g/mol. The molecule has 0 heterocycles. The number of hydrogen-bond donors (Lipinski definition) is 3. The minimum Gasteiger partial charge on any atom is -0.480 e. The molecule has 0 aromatic carbocycles. The van der Waals surface area contributed by atoms with Gasteiger partial charge in [-0.25, -0.2) is 9.59 Å². The van der Waals surface area contributed by atoms with E-state index in [1.165, 1.54) is 13.8 Å². The maximum Gasteiger partial charge on any atom is 0.408 e. The number of rotatable bonds is 5. The molecule has 4 N–H and O–H groups in total. The monoisotopic (exact) mass is 290 g/mol. The number of carbonyl (C=O) groups excluding carboxylic acids is 2. The first-order valence-corrected chi connectivity index (χ1v) is 6.12. The van der Waals surface area contributed by atoms with Gasteiger partial charge < -0.3 is 25.6 Å². The molecule has 0 spiro atoms. The Morgan fingerprint density at radius 1 is 1.20 bits per heavy atom. The first kappa shape index (κ1) is 18.2. The smallest absolute Gasteiger partial charge is 0.408 e. The number of hydrogen-bond acceptors (Lipinski definition) is 6. The lowest BCUT2D eigenvalue weighted by Crippen LogP contribution is -2.51. The summed E-state index contributed by atoms with van der Waals surface area (Å²) >= 11 is 0. The number of carboxylic acids is 1. The number of esters is 1. The van der Waals surface area contributed by atoms with Crippen LogP contribution in [0.3, 0.4) is 0 Å². The first-order valence-electron chi connectivity index (χ1n) is 6.12. The molecule has 0 fully saturated rings. The first-order chi connectivity index (χ1) is 8.94. The van der Waals surface area contributed by atoms with Crippen molar-refractivity contribution in [1.82, 2.24) is 5.32 Å². The highest BCUT2D eigenvalue weighted by Gasteiger charge is 2.31. The molecule has 0 aromatic heterocycles. The zero-order valence-corrected chi connectivity index (χ0v) is 12.3. The Kier molecular flexibility index (Phi) is 6.44. The topological polar surface area (TPSA) is 128 Å². The molecule has 0 aliphatic heterocycles. The van der Waals surface area contributed by atoms with Crippen molar-refractivity contribution in [3.8, 4) is 0 Å². The van der Waals surface area contributed by atoms with Gasteiger partial charge in [-0.2, -0.15) is 0 Å². The van der Waals surface area contributed by atoms with Crippen molar-refractivity contribution in [2.75, 3.05) is 0 Å². The molecule has 0 aliphatic rings. The summed E-state index contributed by atoms with van der Waals surface area (Å²) in [6.07, 6.45) is -1.99. The molecule has 0 radical (unpaired) electrons. The summed E-state index contributed by atoms with van der Waals surface area (Å²) in [5, 5.41) is 11.2. The average molecular weight is 290 g/mol. The Morgan fingerprint density at radius 3 is 2.05 bits per heavy atom. The SMILES string of the molecule is C[C@H](N)C(=O)O[C@H](C)[C@H](NC(=O)OC(C)(C)C)C(=O)O. The highest BCUT2D eigenvalue weighted by molar-refractivity contribution is 5.81. The van der Waals surface area contributed by atoms with Gasteiger partial charge >= 0.3 is 18.0 Å². The van der Waals surface area contributed by atoms with Crippen molar-refractivity contribution < 1.29 is 29.0 Å². The summed E-state index contributed by atoms with van der Waals surface area (Å²) in [6, 6.07) is -2.30. The van der Waals surface area contributed by atoms with Crippen LogP contribution in [0.2, 0.25) is 0 Å². The molecule has 1 amide bonds. The van der Waals surface area contributed by atoms with Gasteiger partial charge in [0.05, 0.1) is 0 Å². The molecule has 20 heavy (non-hydrogen) atoms. The van der Waals surface area contributed by atoms with Gasteiger partial charge in [0.1, 0.15) is 17.7 Å². The molecule has 0 unspecified atom stereocenters. The van der Waals surface area contributed by atoms with Crippen LogP contribution in [0.1, 0.15) is 34.6 Å². The van der Waals surface area contributed by atoms with Crippen molar-refractivity contribution in [2.24, 2.45) is 5.73 Å². The number of aliphatic carboxylic acids is 1. The van der Waals surface area contributed by atoms with Crippen LogP contribution in [0.5, 0.6) is 0 Å². The second-order valence-corrected chi connectivity index (χ2v) is 5.39. The maximum absolute atomic E-state index is 11.5. The summed E-state index contributed by atoms with van der Waals surface area (Å²) in [6.45, 7) is 7.67. The molecule has 8 heteroatoms. The zero-order chi connectivity index (χ0) is 16.1. The van der Waals surface area contributed by atoms with Crippen LogP contribution in [0.15, 0.2) is 0 Å². The molecule has 0 rings (SSSR count). The Hall–Kier alpha value is -1.83. The predicted molar refractivity (Wildman–Crippen MR) is 70.0 cm³/mol. The summed E-state index contributed by atoms with van der Waals surface area (Å²) in [5.41, 5.74) is 4.55. The number of amides is 1. The van der Waals surface area contributed by atoms with Gasteiger partial charge in [-0.1, -0.05) is 0 Å². The standard InChI is InChI=1S/C12H22N2O6/c1-6(13)10(17)19-7(2)8(9(15)16)14-11(18)20-12(3,4)5/h6-8H,13H2,1-5H3,(H,14,18)(H,15,16)/t6-,7+,8-/m0/s1. The number of alkyl carbamates (subject to hydrolysis) is 1. The van der Waals surface area contributed by atoms with Crippen LogP contribution in [-0.4, -0.2) is 46.9 Å². The number of carboxylic acid groups (broad SMARTS) is 1. The van der Waals surface area contributed by atoms with Crippen molar-refractivity contribution in [2.45, 2.75) is 58.4 Å². The van der Waals surface area contributed by atoms with Gasteiger partial charge in [0.15, 0.2) is 6.04 Å². The minimum atomic E-state index is -1.42. The minimum absolute atomic E-state index is 0.755. The van der Waals surface area contributed by atoms with Crippen LogP contribution in [-0.2, 0) is 19.1 Å². The van der Waals surface area contributed by atoms with Crippen molar-refractivity contribution in [1.29, 1.82) is 0 Å². The van der Waals surface area contributed by atoms with Crippen molar-refractivity contribution >= 4 is 18.0 Å². The van der Waals surface area contributed by atoms with E-state index in [0.29, 0.717) is 0 Å². The Morgan fingerprint density at radius 2 is 1.70 bits per heavy atom. The maximum atomic E-state index is 11.5. The Labute approximate surface area is 117 Å². The van der Waals surface area contributed by atoms with Crippen LogP contribution in [0, 0.1) is 0 Å². The third-order valence-electron chi connectivity index (χ3n) is 2.08. The van der Waals surface area contributed by atoms with E-state index in [4.69, 9.17) is 20.3 Å². The van der Waals surface area contributed by atoms with E-state index >= 15 is 0 Å².